The first kappa shape index (κ1) is 16.9. The lowest BCUT2D eigenvalue weighted by atomic mass is 9.86. The van der Waals surface area contributed by atoms with Crippen LogP contribution in [0.25, 0.3) is 0 Å². The number of anilines is 1. The van der Waals surface area contributed by atoms with Crippen LogP contribution in [-0.2, 0) is 10.0 Å². The molecule has 1 unspecified atom stereocenters. The molecule has 0 saturated heterocycles. The Morgan fingerprint density at radius 1 is 1.35 bits per heavy atom. The third-order valence-electron chi connectivity index (χ3n) is 3.27. The molecule has 0 saturated carbocycles. The summed E-state index contributed by atoms with van der Waals surface area (Å²) >= 11 is 0. The molecule has 0 aliphatic carbocycles. The number of sulfonamides is 1. The molecule has 6 heteroatoms. The molecule has 0 aliphatic heterocycles. The highest BCUT2D eigenvalue weighted by Gasteiger charge is 2.30. The van der Waals surface area contributed by atoms with Crippen molar-refractivity contribution in [1.82, 2.24) is 4.72 Å². The van der Waals surface area contributed by atoms with E-state index in [0.717, 1.165) is 0 Å². The van der Waals surface area contributed by atoms with Crippen LogP contribution in [0.2, 0.25) is 0 Å². The van der Waals surface area contributed by atoms with E-state index in [1.54, 1.807) is 25.1 Å². The van der Waals surface area contributed by atoms with E-state index < -0.39 is 10.0 Å². The topological polar surface area (TPSA) is 92.4 Å². The first-order chi connectivity index (χ1) is 9.09. The van der Waals surface area contributed by atoms with Crippen molar-refractivity contribution in [3.8, 4) is 0 Å². The third kappa shape index (κ3) is 3.94. The van der Waals surface area contributed by atoms with Gasteiger partial charge in [0, 0.05) is 12.6 Å². The number of aliphatic hydroxyl groups excluding tert-OH is 1. The van der Waals surface area contributed by atoms with Crippen molar-refractivity contribution < 1.29 is 13.5 Å². The fourth-order valence-corrected chi connectivity index (χ4v) is 3.92. The molecule has 0 heterocycles. The highest BCUT2D eigenvalue weighted by molar-refractivity contribution is 7.89. The third-order valence-corrected chi connectivity index (χ3v) is 4.96. The highest BCUT2D eigenvalue weighted by Crippen LogP contribution is 2.27. The quantitative estimate of drug-likeness (QED) is 0.721. The Kier molecular flexibility index (Phi) is 5.18. The maximum absolute atomic E-state index is 12.5. The largest absolute Gasteiger partial charge is 0.398 e. The summed E-state index contributed by atoms with van der Waals surface area (Å²) in [5.74, 6) is 0. The molecule has 0 bridgehead atoms. The van der Waals surface area contributed by atoms with Crippen molar-refractivity contribution in [2.75, 3.05) is 12.3 Å². The number of nitrogens with two attached hydrogens (primary N) is 1. The lowest BCUT2D eigenvalue weighted by molar-refractivity contribution is 0.214. The number of aliphatic hydroxyl groups is 1. The number of hydrogen-bond acceptors (Lipinski definition) is 4. The van der Waals surface area contributed by atoms with E-state index in [0.29, 0.717) is 12.0 Å². The first-order valence-corrected chi connectivity index (χ1v) is 8.06. The molecule has 114 valence electrons. The summed E-state index contributed by atoms with van der Waals surface area (Å²) in [6.07, 6.45) is 0.356. The molecule has 0 aromatic heterocycles. The smallest absolute Gasteiger partial charge is 0.243 e. The molecular formula is C14H24N2O3S. The van der Waals surface area contributed by atoms with Crippen LogP contribution in [0.3, 0.4) is 0 Å². The number of aryl methyl sites for hydroxylation is 1. The van der Waals surface area contributed by atoms with Gasteiger partial charge in [0.05, 0.1) is 5.69 Å². The number of hydrogen-bond donors (Lipinski definition) is 3. The molecular weight excluding hydrogens is 276 g/mol. The standard InChI is InChI=1S/C14H24N2O3S/c1-10-6-5-7-11(15)13(10)20(18,19)16-12(8-9-17)14(2,3)4/h5-7,12,16-17H,8-9,15H2,1-4H3. The molecule has 20 heavy (non-hydrogen) atoms. The summed E-state index contributed by atoms with van der Waals surface area (Å²) in [6.45, 7) is 7.42. The van der Waals surface area contributed by atoms with Crippen molar-refractivity contribution in [3.63, 3.8) is 0 Å². The summed E-state index contributed by atoms with van der Waals surface area (Å²) in [6, 6.07) is 4.64. The maximum Gasteiger partial charge on any atom is 0.243 e. The van der Waals surface area contributed by atoms with E-state index in [-0.39, 0.29) is 28.6 Å². The van der Waals surface area contributed by atoms with Crippen molar-refractivity contribution in [1.29, 1.82) is 0 Å². The Labute approximate surface area is 121 Å². The first-order valence-electron chi connectivity index (χ1n) is 6.58. The fraction of sp³-hybridized carbons (Fsp3) is 0.571. The summed E-state index contributed by atoms with van der Waals surface area (Å²) in [5, 5.41) is 9.12. The molecule has 1 aromatic rings. The Bertz CT molecular complexity index is 542. The minimum absolute atomic E-state index is 0.0757. The predicted molar refractivity (Wildman–Crippen MR) is 80.9 cm³/mol. The van der Waals surface area contributed by atoms with Crippen molar-refractivity contribution in [2.45, 2.75) is 45.1 Å². The van der Waals surface area contributed by atoms with Gasteiger partial charge in [-0.3, -0.25) is 0 Å². The van der Waals surface area contributed by atoms with E-state index in [4.69, 9.17) is 10.8 Å². The molecule has 4 N–H and O–H groups in total. The molecule has 0 radical (unpaired) electrons. The molecule has 0 fully saturated rings. The summed E-state index contributed by atoms with van der Waals surface area (Å²) in [4.78, 5) is 0.118. The zero-order valence-corrected chi connectivity index (χ0v) is 13.3. The molecule has 5 nitrogen and oxygen atoms in total. The summed E-state index contributed by atoms with van der Waals surface area (Å²) in [5.41, 5.74) is 6.34. The van der Waals surface area contributed by atoms with Gasteiger partial charge >= 0.3 is 0 Å². The van der Waals surface area contributed by atoms with Gasteiger partial charge in [-0.1, -0.05) is 32.9 Å². The number of rotatable bonds is 5. The summed E-state index contributed by atoms with van der Waals surface area (Å²) < 4.78 is 27.7. The van der Waals surface area contributed by atoms with Crippen molar-refractivity contribution >= 4 is 15.7 Å². The van der Waals surface area contributed by atoms with E-state index in [1.165, 1.54) is 0 Å². The minimum Gasteiger partial charge on any atom is -0.398 e. The van der Waals surface area contributed by atoms with E-state index in [9.17, 15) is 8.42 Å². The molecule has 0 aliphatic rings. The second kappa shape index (κ2) is 6.11. The van der Waals surface area contributed by atoms with Crippen LogP contribution in [-0.4, -0.2) is 26.2 Å². The van der Waals surface area contributed by atoms with Gasteiger partial charge in [-0.15, -0.1) is 0 Å². The van der Waals surface area contributed by atoms with Gasteiger partial charge in [-0.25, -0.2) is 13.1 Å². The zero-order chi connectivity index (χ0) is 15.6. The second-order valence-electron chi connectivity index (χ2n) is 6.05. The Hall–Kier alpha value is -1.11. The fourth-order valence-electron chi connectivity index (χ4n) is 2.09. The van der Waals surface area contributed by atoms with E-state index >= 15 is 0 Å². The Balaban J connectivity index is 3.17. The lowest BCUT2D eigenvalue weighted by Crippen LogP contribution is -2.44. The van der Waals surface area contributed by atoms with E-state index in [1.807, 2.05) is 20.8 Å². The predicted octanol–water partition coefficient (Wildman–Crippen LogP) is 1.65. The number of benzene rings is 1. The van der Waals surface area contributed by atoms with E-state index in [2.05, 4.69) is 4.72 Å². The van der Waals surface area contributed by atoms with Crippen LogP contribution in [0.5, 0.6) is 0 Å². The van der Waals surface area contributed by atoms with Crippen molar-refractivity contribution in [3.05, 3.63) is 23.8 Å². The van der Waals surface area contributed by atoms with Gasteiger partial charge in [0.2, 0.25) is 10.0 Å². The van der Waals surface area contributed by atoms with Gasteiger partial charge in [0.15, 0.2) is 0 Å². The van der Waals surface area contributed by atoms with Crippen LogP contribution in [0.1, 0.15) is 32.8 Å². The number of nitrogens with one attached hydrogen (secondary N) is 1. The monoisotopic (exact) mass is 300 g/mol. The van der Waals surface area contributed by atoms with Crippen LogP contribution in [0, 0.1) is 12.3 Å². The lowest BCUT2D eigenvalue weighted by Gasteiger charge is -2.31. The average Bonchev–Trinajstić information content (AvgIpc) is 2.26. The molecule has 1 aromatic carbocycles. The normalized spacial score (nSPS) is 14.2. The molecule has 1 atom stereocenters. The Morgan fingerprint density at radius 2 is 1.95 bits per heavy atom. The molecule has 0 amide bonds. The van der Waals surface area contributed by atoms with Gasteiger partial charge in [-0.2, -0.15) is 0 Å². The van der Waals surface area contributed by atoms with Crippen molar-refractivity contribution in [2.24, 2.45) is 5.41 Å². The van der Waals surface area contributed by atoms with Crippen LogP contribution < -0.4 is 10.5 Å². The maximum atomic E-state index is 12.5. The van der Waals surface area contributed by atoms with Gasteiger partial charge in [0.25, 0.3) is 0 Å². The molecule has 1 rings (SSSR count). The summed E-state index contributed by atoms with van der Waals surface area (Å²) in [7, 11) is -3.71. The molecule has 0 spiro atoms. The second-order valence-corrected chi connectivity index (χ2v) is 7.70. The van der Waals surface area contributed by atoms with Crippen LogP contribution in [0.15, 0.2) is 23.1 Å². The SMILES string of the molecule is Cc1cccc(N)c1S(=O)(=O)NC(CCO)C(C)(C)C. The number of nitrogen functional groups attached to an aromatic ring is 1. The minimum atomic E-state index is -3.71. The van der Waals surface area contributed by atoms with Gasteiger partial charge in [0.1, 0.15) is 4.90 Å². The van der Waals surface area contributed by atoms with Gasteiger partial charge < -0.3 is 10.8 Å². The average molecular weight is 300 g/mol. The van der Waals surface area contributed by atoms with Gasteiger partial charge in [-0.05, 0) is 30.4 Å². The highest BCUT2D eigenvalue weighted by atomic mass is 32.2. The Morgan fingerprint density at radius 3 is 2.40 bits per heavy atom. The van der Waals surface area contributed by atoms with Crippen LogP contribution >= 0.6 is 0 Å². The van der Waals surface area contributed by atoms with Crippen LogP contribution in [0.4, 0.5) is 5.69 Å². The zero-order valence-electron chi connectivity index (χ0n) is 12.5.